The Morgan fingerprint density at radius 2 is 1.71 bits per heavy atom. The van der Waals surface area contributed by atoms with Crippen LogP contribution in [0.15, 0.2) is 24.3 Å². The lowest BCUT2D eigenvalue weighted by Crippen LogP contribution is -2.16. The van der Waals surface area contributed by atoms with Crippen molar-refractivity contribution in [3.63, 3.8) is 0 Å². The van der Waals surface area contributed by atoms with Crippen LogP contribution in [-0.2, 0) is 11.3 Å². The van der Waals surface area contributed by atoms with Gasteiger partial charge in [0.1, 0.15) is 0 Å². The topological polar surface area (TPSA) is 41.1 Å². The lowest BCUT2D eigenvalue weighted by molar-refractivity contribution is -0.117. The molecule has 0 heterocycles. The largest absolute Gasteiger partial charge is 0.326 e. The average Bonchev–Trinajstić information content (AvgIpc) is 2.70. The molecule has 2 N–H and O–H groups in total. The molecule has 1 aliphatic rings. The number of rotatable bonds is 5. The van der Waals surface area contributed by atoms with Gasteiger partial charge in [0.15, 0.2) is 0 Å². The van der Waals surface area contributed by atoms with E-state index in [2.05, 4.69) is 22.8 Å². The summed E-state index contributed by atoms with van der Waals surface area (Å²) >= 11 is 0. The van der Waals surface area contributed by atoms with Gasteiger partial charge in [0.05, 0.1) is 0 Å². The highest BCUT2D eigenvalue weighted by atomic mass is 35.5. The lowest BCUT2D eigenvalue weighted by atomic mass is 9.96. The molecule has 2 rings (SSSR count). The van der Waals surface area contributed by atoms with Crippen LogP contribution in [0.4, 0.5) is 5.69 Å². The van der Waals surface area contributed by atoms with E-state index >= 15 is 0 Å². The third-order valence-corrected chi connectivity index (χ3v) is 4.07. The highest BCUT2D eigenvalue weighted by molar-refractivity contribution is 5.90. The number of halogens is 1. The quantitative estimate of drug-likeness (QED) is 0.803. The molecule has 21 heavy (non-hydrogen) atoms. The highest BCUT2D eigenvalue weighted by Gasteiger charge is 2.16. The zero-order valence-electron chi connectivity index (χ0n) is 12.9. The zero-order valence-corrected chi connectivity index (χ0v) is 13.7. The summed E-state index contributed by atoms with van der Waals surface area (Å²) in [5.74, 6) is 0.749. The molecule has 1 aliphatic carbocycles. The summed E-state index contributed by atoms with van der Waals surface area (Å²) in [7, 11) is 1.93. The first-order valence-electron chi connectivity index (χ1n) is 7.81. The molecule has 0 aromatic heterocycles. The van der Waals surface area contributed by atoms with Crippen LogP contribution in [0.1, 0.15) is 50.5 Å². The van der Waals surface area contributed by atoms with Crippen LogP contribution in [-0.4, -0.2) is 13.0 Å². The van der Waals surface area contributed by atoms with Crippen LogP contribution in [0, 0.1) is 5.92 Å². The van der Waals surface area contributed by atoms with Gasteiger partial charge in [-0.1, -0.05) is 37.8 Å². The van der Waals surface area contributed by atoms with Gasteiger partial charge in [0, 0.05) is 18.7 Å². The number of carbonyl (C=O) groups is 1. The van der Waals surface area contributed by atoms with E-state index in [1.54, 1.807) is 0 Å². The normalized spacial score (nSPS) is 15.9. The monoisotopic (exact) mass is 310 g/mol. The smallest absolute Gasteiger partial charge is 0.224 e. The van der Waals surface area contributed by atoms with Crippen molar-refractivity contribution in [2.75, 3.05) is 12.4 Å². The van der Waals surface area contributed by atoms with E-state index in [1.807, 2.05) is 19.2 Å². The lowest BCUT2D eigenvalue weighted by Gasteiger charge is -2.13. The van der Waals surface area contributed by atoms with Gasteiger partial charge < -0.3 is 10.6 Å². The van der Waals surface area contributed by atoms with Gasteiger partial charge >= 0.3 is 0 Å². The van der Waals surface area contributed by atoms with E-state index in [0.29, 0.717) is 12.3 Å². The Bertz CT molecular complexity index is 411. The molecular weight excluding hydrogens is 284 g/mol. The second kappa shape index (κ2) is 9.80. The maximum atomic E-state index is 12.1. The second-order valence-corrected chi connectivity index (χ2v) is 5.84. The maximum Gasteiger partial charge on any atom is 0.224 e. The molecule has 0 spiro atoms. The van der Waals surface area contributed by atoms with E-state index in [0.717, 1.165) is 12.2 Å². The van der Waals surface area contributed by atoms with Gasteiger partial charge in [0.2, 0.25) is 5.91 Å². The van der Waals surface area contributed by atoms with Crippen molar-refractivity contribution in [3.8, 4) is 0 Å². The summed E-state index contributed by atoms with van der Waals surface area (Å²) in [5, 5.41) is 6.14. The summed E-state index contributed by atoms with van der Waals surface area (Å²) in [6.45, 7) is 0.857. The van der Waals surface area contributed by atoms with Crippen molar-refractivity contribution in [3.05, 3.63) is 29.8 Å². The Labute approximate surface area is 134 Å². The molecule has 0 unspecified atom stereocenters. The molecule has 1 aromatic carbocycles. The summed E-state index contributed by atoms with van der Waals surface area (Å²) in [6, 6.07) is 8.07. The minimum Gasteiger partial charge on any atom is -0.326 e. The van der Waals surface area contributed by atoms with E-state index in [9.17, 15) is 4.79 Å². The van der Waals surface area contributed by atoms with Crippen molar-refractivity contribution in [2.45, 2.75) is 51.5 Å². The third-order valence-electron chi connectivity index (χ3n) is 4.07. The predicted molar refractivity (Wildman–Crippen MR) is 90.9 cm³/mol. The van der Waals surface area contributed by atoms with E-state index in [-0.39, 0.29) is 18.3 Å². The van der Waals surface area contributed by atoms with E-state index in [1.165, 1.54) is 44.1 Å². The molecule has 1 aromatic rings. The first-order chi connectivity index (χ1) is 9.78. The minimum absolute atomic E-state index is 0. The number of hydrogen-bond donors (Lipinski definition) is 2. The number of hydrogen-bond acceptors (Lipinski definition) is 2. The van der Waals surface area contributed by atoms with Crippen molar-refractivity contribution >= 4 is 24.0 Å². The van der Waals surface area contributed by atoms with Gasteiger partial charge in [-0.15, -0.1) is 12.4 Å². The van der Waals surface area contributed by atoms with E-state index in [4.69, 9.17) is 0 Å². The van der Waals surface area contributed by atoms with Gasteiger partial charge in [0.25, 0.3) is 0 Å². The molecule has 1 saturated carbocycles. The highest BCUT2D eigenvalue weighted by Crippen LogP contribution is 2.25. The Balaban J connectivity index is 0.00000220. The SMILES string of the molecule is CNCc1ccc(NC(=O)CC2CCCCCC2)cc1.Cl. The number of carbonyl (C=O) groups excluding carboxylic acids is 1. The molecule has 0 saturated heterocycles. The van der Waals surface area contributed by atoms with Crippen LogP contribution < -0.4 is 10.6 Å². The molecule has 0 aliphatic heterocycles. The van der Waals surface area contributed by atoms with Crippen LogP contribution in [0.25, 0.3) is 0 Å². The van der Waals surface area contributed by atoms with Crippen LogP contribution in [0.5, 0.6) is 0 Å². The van der Waals surface area contributed by atoms with E-state index < -0.39 is 0 Å². The molecule has 1 fully saturated rings. The molecule has 0 radical (unpaired) electrons. The third kappa shape index (κ3) is 6.49. The first-order valence-corrected chi connectivity index (χ1v) is 7.81. The average molecular weight is 311 g/mol. The summed E-state index contributed by atoms with van der Waals surface area (Å²) < 4.78 is 0. The molecule has 0 atom stereocenters. The predicted octanol–water partition coefficient (Wildman–Crippen LogP) is 4.13. The maximum absolute atomic E-state index is 12.1. The Kier molecular flexibility index (Phi) is 8.40. The Hall–Kier alpha value is -1.06. The van der Waals surface area contributed by atoms with Crippen molar-refractivity contribution < 1.29 is 4.79 Å². The standard InChI is InChI=1S/C17H26N2O.ClH/c1-18-13-15-8-10-16(11-9-15)19-17(20)12-14-6-4-2-3-5-7-14;/h8-11,14,18H,2-7,12-13H2,1H3,(H,19,20);1H. The van der Waals surface area contributed by atoms with Gasteiger partial charge in [-0.3, -0.25) is 4.79 Å². The zero-order chi connectivity index (χ0) is 14.2. The first kappa shape index (κ1) is 18.0. The fourth-order valence-corrected chi connectivity index (χ4v) is 2.95. The number of benzene rings is 1. The second-order valence-electron chi connectivity index (χ2n) is 5.84. The molecule has 3 nitrogen and oxygen atoms in total. The number of anilines is 1. The fraction of sp³-hybridized carbons (Fsp3) is 0.588. The Morgan fingerprint density at radius 3 is 2.29 bits per heavy atom. The van der Waals surface area contributed by atoms with Crippen molar-refractivity contribution in [1.82, 2.24) is 5.32 Å². The summed E-state index contributed by atoms with van der Waals surface area (Å²) in [6.07, 6.45) is 8.37. The van der Waals surface area contributed by atoms with Gasteiger partial charge in [-0.2, -0.15) is 0 Å². The van der Waals surface area contributed by atoms with Crippen LogP contribution >= 0.6 is 12.4 Å². The van der Waals surface area contributed by atoms with Gasteiger partial charge in [-0.25, -0.2) is 0 Å². The Morgan fingerprint density at radius 1 is 1.10 bits per heavy atom. The fourth-order valence-electron chi connectivity index (χ4n) is 2.95. The number of amides is 1. The molecule has 118 valence electrons. The van der Waals surface area contributed by atoms with Gasteiger partial charge in [-0.05, 0) is 43.5 Å². The molecule has 0 bridgehead atoms. The molecular formula is C17H27ClN2O. The number of nitrogens with one attached hydrogen (secondary N) is 2. The summed E-state index contributed by atoms with van der Waals surface area (Å²) in [5.41, 5.74) is 2.14. The van der Waals surface area contributed by atoms with Crippen molar-refractivity contribution in [2.24, 2.45) is 5.92 Å². The minimum atomic E-state index is 0. The molecule has 1 amide bonds. The molecule has 4 heteroatoms. The van der Waals surface area contributed by atoms with Crippen LogP contribution in [0.2, 0.25) is 0 Å². The van der Waals surface area contributed by atoms with Crippen molar-refractivity contribution in [1.29, 1.82) is 0 Å². The van der Waals surface area contributed by atoms with Crippen LogP contribution in [0.3, 0.4) is 0 Å². The summed E-state index contributed by atoms with van der Waals surface area (Å²) in [4.78, 5) is 12.1.